The summed E-state index contributed by atoms with van der Waals surface area (Å²) < 4.78 is 31.6. The predicted molar refractivity (Wildman–Crippen MR) is 48.8 cm³/mol. The predicted octanol–water partition coefficient (Wildman–Crippen LogP) is -1.52. The molecule has 0 aliphatic carbocycles. The van der Waals surface area contributed by atoms with E-state index >= 15 is 0 Å². The van der Waals surface area contributed by atoms with Crippen molar-refractivity contribution in [3.63, 3.8) is 0 Å². The van der Waals surface area contributed by atoms with Gasteiger partial charge in [-0.05, 0) is 12.1 Å². The monoisotopic (exact) mass is 279 g/mol. The van der Waals surface area contributed by atoms with Crippen LogP contribution in [-0.4, -0.2) is 13.0 Å². The van der Waals surface area contributed by atoms with Crippen LogP contribution in [0.4, 0.5) is 5.69 Å². The van der Waals surface area contributed by atoms with Crippen LogP contribution in [0.5, 0.6) is 0 Å². The average molecular weight is 280 g/mol. The van der Waals surface area contributed by atoms with Crippen LogP contribution < -0.4 is 57.1 Å². The molecule has 8 heteroatoms. The first kappa shape index (κ1) is 15.1. The van der Waals surface area contributed by atoms with Gasteiger partial charge in [-0.25, -0.2) is 8.42 Å². The second-order valence-corrected chi connectivity index (χ2v) is 4.45. The van der Waals surface area contributed by atoms with Crippen LogP contribution in [0, 0.1) is 0 Å². The van der Waals surface area contributed by atoms with Crippen molar-refractivity contribution in [3.8, 4) is 0 Å². The van der Waals surface area contributed by atoms with Gasteiger partial charge in [0, 0.05) is 0 Å². The largest absolute Gasteiger partial charge is 1.00 e. The molecule has 0 saturated carbocycles. The van der Waals surface area contributed by atoms with Gasteiger partial charge in [-0.3, -0.25) is 0 Å². The number of nitrogen functional groups attached to an aromatic ring is 1. The summed E-state index contributed by atoms with van der Waals surface area (Å²) in [6.45, 7) is 0. The molecule has 1 aromatic rings. The molecule has 72 valence electrons. The maximum atomic E-state index is 10.5. The molecule has 0 spiro atoms. The summed E-state index contributed by atoms with van der Waals surface area (Å²) in [5.74, 6) is 0. The topological polar surface area (TPSA) is 83.2 Å². The molecule has 0 aromatic heterocycles. The molecule has 4 nitrogen and oxygen atoms in total. The van der Waals surface area contributed by atoms with Crippen molar-refractivity contribution >= 4 is 39.0 Å². The quantitative estimate of drug-likeness (QED) is 0.385. The molecule has 0 fully saturated rings. The van der Waals surface area contributed by atoms with Gasteiger partial charge in [0.25, 0.3) is 0 Å². The smallest absolute Gasteiger partial charge is 0.744 e. The van der Waals surface area contributed by atoms with E-state index in [9.17, 15) is 13.0 Å². The summed E-state index contributed by atoms with van der Waals surface area (Å²) in [5.41, 5.74) is 5.38. The number of benzene rings is 1. The first-order valence-electron chi connectivity index (χ1n) is 3.03. The van der Waals surface area contributed by atoms with Gasteiger partial charge < -0.3 is 10.3 Å². The van der Waals surface area contributed by atoms with Crippen molar-refractivity contribution in [2.75, 3.05) is 5.73 Å². The molecule has 0 aliphatic heterocycles. The fourth-order valence-electron chi connectivity index (χ4n) is 0.705. The third kappa shape index (κ3) is 3.62. The number of rotatable bonds is 1. The van der Waals surface area contributed by atoms with Crippen LogP contribution in [0.2, 0.25) is 10.0 Å². The zero-order valence-electron chi connectivity index (χ0n) is 7.12. The molecular formula is C6H4Cl2KNO3S. The summed E-state index contributed by atoms with van der Waals surface area (Å²) in [5, 5.41) is -0.108. The average Bonchev–Trinajstić information content (AvgIpc) is 1.97. The normalized spacial score (nSPS) is 10.8. The minimum Gasteiger partial charge on any atom is -0.744 e. The minimum atomic E-state index is -4.54. The summed E-state index contributed by atoms with van der Waals surface area (Å²) in [7, 11) is -4.54. The van der Waals surface area contributed by atoms with Gasteiger partial charge in [0.05, 0.1) is 20.6 Å². The molecule has 0 radical (unpaired) electrons. The molecule has 0 unspecified atom stereocenters. The fraction of sp³-hybridized carbons (Fsp3) is 0. The second kappa shape index (κ2) is 5.47. The van der Waals surface area contributed by atoms with Crippen LogP contribution in [0.25, 0.3) is 0 Å². The molecule has 0 atom stereocenters. The second-order valence-electron chi connectivity index (χ2n) is 2.25. The van der Waals surface area contributed by atoms with Crippen LogP contribution in [0.1, 0.15) is 0 Å². The zero-order valence-corrected chi connectivity index (χ0v) is 12.6. The standard InChI is InChI=1S/C6H5Cl2NO3S.K/c7-4-1-3(13(10,11)12)2-5(8)6(4)9;/h1-2H,9H2,(H,10,11,12);/q;+1/p-1. The molecule has 1 rings (SSSR count). The Morgan fingerprint density at radius 3 is 1.86 bits per heavy atom. The van der Waals surface area contributed by atoms with Gasteiger partial charge in [0.1, 0.15) is 10.1 Å². The van der Waals surface area contributed by atoms with E-state index in [-0.39, 0.29) is 67.1 Å². The number of hydrogen-bond acceptors (Lipinski definition) is 4. The van der Waals surface area contributed by atoms with Gasteiger partial charge in [-0.1, -0.05) is 23.2 Å². The van der Waals surface area contributed by atoms with E-state index in [4.69, 9.17) is 28.9 Å². The van der Waals surface area contributed by atoms with E-state index in [1.54, 1.807) is 0 Å². The third-order valence-electron chi connectivity index (χ3n) is 1.34. The van der Waals surface area contributed by atoms with Crippen molar-refractivity contribution < 1.29 is 64.4 Å². The minimum absolute atomic E-state index is 0. The van der Waals surface area contributed by atoms with Crippen molar-refractivity contribution in [3.05, 3.63) is 22.2 Å². The van der Waals surface area contributed by atoms with Crippen LogP contribution in [0.3, 0.4) is 0 Å². The molecule has 0 aliphatic rings. The summed E-state index contributed by atoms with van der Waals surface area (Å²) in [4.78, 5) is -0.489. The van der Waals surface area contributed by atoms with E-state index in [1.165, 1.54) is 0 Å². The Hall–Kier alpha value is 1.15. The van der Waals surface area contributed by atoms with E-state index in [1.807, 2.05) is 0 Å². The van der Waals surface area contributed by atoms with Gasteiger partial charge in [-0.15, -0.1) is 0 Å². The first-order chi connectivity index (χ1) is 5.82. The van der Waals surface area contributed by atoms with E-state index in [0.717, 1.165) is 12.1 Å². The molecule has 0 saturated heterocycles. The van der Waals surface area contributed by atoms with Gasteiger partial charge in [0.2, 0.25) is 0 Å². The molecule has 0 heterocycles. The Kier molecular flexibility index (Phi) is 5.92. The van der Waals surface area contributed by atoms with Gasteiger partial charge in [-0.2, -0.15) is 0 Å². The molecule has 0 bridgehead atoms. The molecule has 2 N–H and O–H groups in total. The van der Waals surface area contributed by atoms with E-state index in [0.29, 0.717) is 0 Å². The van der Waals surface area contributed by atoms with Crippen LogP contribution >= 0.6 is 23.2 Å². The molecule has 14 heavy (non-hydrogen) atoms. The molecule has 0 amide bonds. The van der Waals surface area contributed by atoms with E-state index < -0.39 is 15.0 Å². The zero-order chi connectivity index (χ0) is 10.2. The SMILES string of the molecule is Nc1c(Cl)cc(S(=O)(=O)[O-])cc1Cl.[K+]. The number of nitrogens with two attached hydrogens (primary N) is 1. The Morgan fingerprint density at radius 1 is 1.21 bits per heavy atom. The van der Waals surface area contributed by atoms with Gasteiger partial charge >= 0.3 is 51.4 Å². The maximum Gasteiger partial charge on any atom is 1.00 e. The number of hydrogen-bond donors (Lipinski definition) is 1. The summed E-state index contributed by atoms with van der Waals surface area (Å²) in [6.07, 6.45) is 0. The number of anilines is 1. The van der Waals surface area contributed by atoms with Crippen LogP contribution in [-0.2, 0) is 10.1 Å². The fourth-order valence-corrected chi connectivity index (χ4v) is 1.85. The van der Waals surface area contributed by atoms with Crippen molar-refractivity contribution in [1.29, 1.82) is 0 Å². The Bertz CT molecular complexity index is 425. The van der Waals surface area contributed by atoms with Crippen molar-refractivity contribution in [2.45, 2.75) is 4.90 Å². The molecular weight excluding hydrogens is 276 g/mol. The Labute approximate surface area is 134 Å². The Morgan fingerprint density at radius 2 is 1.57 bits per heavy atom. The van der Waals surface area contributed by atoms with E-state index in [2.05, 4.69) is 0 Å². The van der Waals surface area contributed by atoms with Crippen molar-refractivity contribution in [2.24, 2.45) is 0 Å². The maximum absolute atomic E-state index is 10.5. The third-order valence-corrected chi connectivity index (χ3v) is 2.78. The van der Waals surface area contributed by atoms with Gasteiger partial charge in [0.15, 0.2) is 0 Å². The number of halogens is 2. The van der Waals surface area contributed by atoms with Crippen molar-refractivity contribution in [1.82, 2.24) is 0 Å². The van der Waals surface area contributed by atoms with Crippen LogP contribution in [0.15, 0.2) is 17.0 Å². The first-order valence-corrected chi connectivity index (χ1v) is 5.19. The summed E-state index contributed by atoms with van der Waals surface area (Å²) >= 11 is 11.0. The Balaban J connectivity index is 0.00000169. The molecule has 1 aromatic carbocycles. The summed E-state index contributed by atoms with van der Waals surface area (Å²) in [6, 6.07) is 1.93.